The molecule has 1 N–H and O–H groups in total. The lowest BCUT2D eigenvalue weighted by Gasteiger charge is -2.13. The highest BCUT2D eigenvalue weighted by molar-refractivity contribution is 5.84. The van der Waals surface area contributed by atoms with E-state index in [4.69, 9.17) is 9.47 Å². The number of benzene rings is 3. The Morgan fingerprint density at radius 1 is 0.935 bits per heavy atom. The van der Waals surface area contributed by atoms with Gasteiger partial charge >= 0.3 is 0 Å². The number of ether oxygens (including phenoxy) is 2. The molecule has 3 rings (SSSR count). The van der Waals surface area contributed by atoms with Crippen molar-refractivity contribution in [2.75, 3.05) is 18.6 Å². The monoisotopic (exact) mass is 419 g/mol. The van der Waals surface area contributed by atoms with Crippen molar-refractivity contribution in [1.82, 2.24) is 0 Å². The summed E-state index contributed by atoms with van der Waals surface area (Å²) in [7, 11) is 0. The average Bonchev–Trinajstić information content (AvgIpc) is 2.76. The summed E-state index contributed by atoms with van der Waals surface area (Å²) in [5, 5.41) is 14.9. The van der Waals surface area contributed by atoms with Gasteiger partial charge in [0, 0.05) is 24.1 Å². The van der Waals surface area contributed by atoms with Gasteiger partial charge in [-0.05, 0) is 49.2 Å². The molecule has 0 atom stereocenters. The van der Waals surface area contributed by atoms with E-state index in [-0.39, 0.29) is 5.69 Å². The zero-order valence-electron chi connectivity index (χ0n) is 17.6. The van der Waals surface area contributed by atoms with Crippen LogP contribution in [0.15, 0.2) is 71.8 Å². The van der Waals surface area contributed by atoms with Crippen molar-refractivity contribution >= 4 is 17.6 Å². The number of hydrogen-bond acceptors (Lipinski definition) is 6. The summed E-state index contributed by atoms with van der Waals surface area (Å²) >= 11 is 0. The lowest BCUT2D eigenvalue weighted by atomic mass is 10.1. The van der Waals surface area contributed by atoms with E-state index >= 15 is 0 Å². The second kappa shape index (κ2) is 10.8. The van der Waals surface area contributed by atoms with E-state index in [1.807, 2.05) is 56.3 Å². The molecule has 0 aliphatic carbocycles. The second-order valence-corrected chi connectivity index (χ2v) is 6.98. The van der Waals surface area contributed by atoms with Crippen LogP contribution in [0.25, 0.3) is 0 Å². The maximum Gasteiger partial charge on any atom is 0.269 e. The molecule has 0 spiro atoms. The molecule has 160 valence electrons. The van der Waals surface area contributed by atoms with Crippen molar-refractivity contribution in [2.45, 2.75) is 20.3 Å². The van der Waals surface area contributed by atoms with E-state index in [1.54, 1.807) is 18.3 Å². The van der Waals surface area contributed by atoms with Gasteiger partial charge in [0.05, 0.1) is 30.0 Å². The van der Waals surface area contributed by atoms with Gasteiger partial charge < -0.3 is 9.47 Å². The van der Waals surface area contributed by atoms with Crippen molar-refractivity contribution in [1.29, 1.82) is 0 Å². The topological polar surface area (TPSA) is 86.0 Å². The van der Waals surface area contributed by atoms with Crippen LogP contribution < -0.4 is 14.9 Å². The van der Waals surface area contributed by atoms with Crippen LogP contribution in [0.4, 0.5) is 11.4 Å². The average molecular weight is 419 g/mol. The van der Waals surface area contributed by atoms with Crippen LogP contribution >= 0.6 is 0 Å². The third-order valence-corrected chi connectivity index (χ3v) is 4.60. The number of anilines is 1. The predicted octanol–water partition coefficient (Wildman–Crippen LogP) is 5.51. The van der Waals surface area contributed by atoms with Crippen molar-refractivity contribution in [3.8, 4) is 11.5 Å². The first-order chi connectivity index (χ1) is 15.0. The number of nitro benzene ring substituents is 1. The largest absolute Gasteiger partial charge is 0.493 e. The zero-order chi connectivity index (χ0) is 22.1. The quantitative estimate of drug-likeness (QED) is 0.203. The highest BCUT2D eigenvalue weighted by atomic mass is 16.6. The maximum atomic E-state index is 10.7. The van der Waals surface area contributed by atoms with Crippen LogP contribution in [-0.2, 0) is 0 Å². The van der Waals surface area contributed by atoms with Crippen molar-refractivity contribution in [3.05, 3.63) is 93.5 Å². The molecule has 0 fully saturated rings. The Kier molecular flexibility index (Phi) is 7.59. The van der Waals surface area contributed by atoms with Gasteiger partial charge in [0.15, 0.2) is 0 Å². The van der Waals surface area contributed by atoms with Crippen LogP contribution in [0.5, 0.6) is 11.5 Å². The number of aryl methyl sites for hydroxylation is 2. The van der Waals surface area contributed by atoms with Gasteiger partial charge in [0.25, 0.3) is 5.69 Å². The molecule has 0 saturated heterocycles. The number of rotatable bonds is 10. The Morgan fingerprint density at radius 2 is 1.61 bits per heavy atom. The van der Waals surface area contributed by atoms with E-state index in [0.717, 1.165) is 34.6 Å². The molecule has 0 aliphatic rings. The first-order valence-corrected chi connectivity index (χ1v) is 9.99. The van der Waals surface area contributed by atoms with Crippen molar-refractivity contribution < 1.29 is 14.4 Å². The van der Waals surface area contributed by atoms with Crippen LogP contribution in [0.1, 0.15) is 23.1 Å². The summed E-state index contributed by atoms with van der Waals surface area (Å²) in [6.45, 7) is 5.17. The molecule has 0 unspecified atom stereocenters. The molecule has 0 aromatic heterocycles. The third kappa shape index (κ3) is 6.30. The molecule has 3 aromatic carbocycles. The normalized spacial score (nSPS) is 10.8. The van der Waals surface area contributed by atoms with Gasteiger partial charge in [-0.25, -0.2) is 0 Å². The summed E-state index contributed by atoms with van der Waals surface area (Å²) in [5.41, 5.74) is 6.64. The Hall–Kier alpha value is -3.87. The van der Waals surface area contributed by atoms with Crippen LogP contribution in [0.2, 0.25) is 0 Å². The van der Waals surface area contributed by atoms with E-state index in [2.05, 4.69) is 10.5 Å². The number of nitrogens with zero attached hydrogens (tertiary/aromatic N) is 2. The van der Waals surface area contributed by atoms with E-state index in [1.165, 1.54) is 12.1 Å². The van der Waals surface area contributed by atoms with Gasteiger partial charge in [-0.1, -0.05) is 30.3 Å². The lowest BCUT2D eigenvalue weighted by molar-refractivity contribution is -0.384. The predicted molar refractivity (Wildman–Crippen MR) is 122 cm³/mol. The first-order valence-electron chi connectivity index (χ1n) is 9.99. The first kappa shape index (κ1) is 21.8. The molecule has 3 aromatic rings. The molecule has 7 heteroatoms. The molecular weight excluding hydrogens is 394 g/mol. The fourth-order valence-electron chi connectivity index (χ4n) is 2.99. The van der Waals surface area contributed by atoms with Gasteiger partial charge in [0.1, 0.15) is 11.5 Å². The molecular formula is C24H25N3O4. The van der Waals surface area contributed by atoms with Crippen molar-refractivity contribution in [2.24, 2.45) is 5.10 Å². The van der Waals surface area contributed by atoms with E-state index < -0.39 is 4.92 Å². The Balaban J connectivity index is 1.49. The summed E-state index contributed by atoms with van der Waals surface area (Å²) in [6.07, 6.45) is 2.41. The van der Waals surface area contributed by atoms with Crippen LogP contribution in [-0.4, -0.2) is 24.4 Å². The number of nitrogens with one attached hydrogen (secondary N) is 1. The highest BCUT2D eigenvalue weighted by Crippen LogP contribution is 2.22. The van der Waals surface area contributed by atoms with E-state index in [0.29, 0.717) is 18.9 Å². The molecule has 0 amide bonds. The number of hydrazone groups is 1. The van der Waals surface area contributed by atoms with Gasteiger partial charge in [-0.2, -0.15) is 5.10 Å². The molecule has 7 nitrogen and oxygen atoms in total. The second-order valence-electron chi connectivity index (χ2n) is 6.98. The molecule has 0 heterocycles. The molecule has 0 radical (unpaired) electrons. The van der Waals surface area contributed by atoms with Gasteiger partial charge in [0.2, 0.25) is 0 Å². The van der Waals surface area contributed by atoms with Crippen molar-refractivity contribution in [3.63, 3.8) is 0 Å². The SMILES string of the molecule is Cc1cccc(C)c1OCCCOc1ccccc1C=NNc1ccc([N+](=O)[O-])cc1. The van der Waals surface area contributed by atoms with Crippen LogP contribution in [0, 0.1) is 24.0 Å². The Morgan fingerprint density at radius 3 is 2.32 bits per heavy atom. The minimum Gasteiger partial charge on any atom is -0.493 e. The summed E-state index contributed by atoms with van der Waals surface area (Å²) in [4.78, 5) is 10.3. The highest BCUT2D eigenvalue weighted by Gasteiger charge is 2.05. The summed E-state index contributed by atoms with van der Waals surface area (Å²) in [6, 6.07) is 19.8. The van der Waals surface area contributed by atoms with E-state index in [9.17, 15) is 10.1 Å². The summed E-state index contributed by atoms with van der Waals surface area (Å²) in [5.74, 6) is 1.66. The number of hydrogen-bond donors (Lipinski definition) is 1. The number of nitro groups is 1. The standard InChI is InChI=1S/C24H25N3O4/c1-18-7-5-8-19(2)24(18)31-16-6-15-30-23-10-4-3-9-20(23)17-25-26-21-11-13-22(14-12-21)27(28)29/h3-5,7-14,17,26H,6,15-16H2,1-2H3. The minimum absolute atomic E-state index is 0.0369. The molecule has 0 aliphatic heterocycles. The molecule has 31 heavy (non-hydrogen) atoms. The van der Waals surface area contributed by atoms with Gasteiger partial charge in [-0.15, -0.1) is 0 Å². The minimum atomic E-state index is -0.437. The summed E-state index contributed by atoms with van der Waals surface area (Å²) < 4.78 is 11.8. The number of para-hydroxylation sites is 2. The third-order valence-electron chi connectivity index (χ3n) is 4.60. The number of non-ortho nitro benzene ring substituents is 1. The molecule has 0 saturated carbocycles. The maximum absolute atomic E-state index is 10.7. The Labute approximate surface area is 181 Å². The lowest BCUT2D eigenvalue weighted by Crippen LogP contribution is -2.07. The zero-order valence-corrected chi connectivity index (χ0v) is 17.6. The smallest absolute Gasteiger partial charge is 0.269 e. The van der Waals surface area contributed by atoms with Crippen LogP contribution in [0.3, 0.4) is 0 Å². The fraction of sp³-hybridized carbons (Fsp3) is 0.208. The Bertz CT molecular complexity index is 1030. The molecule has 0 bridgehead atoms. The van der Waals surface area contributed by atoms with Gasteiger partial charge in [-0.3, -0.25) is 15.5 Å². The fourth-order valence-corrected chi connectivity index (χ4v) is 2.99.